The summed E-state index contributed by atoms with van der Waals surface area (Å²) < 4.78 is 0. The standard InChI is InChI=1S/C23H24O4/c24-22(25)19(12-14-7-8-15-3-1-5-17(15)11-14)13-18-10-9-16-4-2-6-20(16)21(18)23(26)27/h7-11,19H,1-6,12-13H2,(H,24,25)(H,26,27). The predicted molar refractivity (Wildman–Crippen MR) is 102 cm³/mol. The topological polar surface area (TPSA) is 74.6 Å². The van der Waals surface area contributed by atoms with Crippen LogP contribution in [0.1, 0.15) is 56.6 Å². The molecule has 0 saturated heterocycles. The van der Waals surface area contributed by atoms with Crippen molar-refractivity contribution in [3.63, 3.8) is 0 Å². The van der Waals surface area contributed by atoms with Crippen LogP contribution in [0.15, 0.2) is 30.3 Å². The van der Waals surface area contributed by atoms with Gasteiger partial charge in [0.1, 0.15) is 0 Å². The van der Waals surface area contributed by atoms with Crippen LogP contribution in [0.2, 0.25) is 0 Å². The molecule has 0 aliphatic heterocycles. The molecule has 2 aromatic rings. The van der Waals surface area contributed by atoms with Crippen LogP contribution in [0.3, 0.4) is 0 Å². The van der Waals surface area contributed by atoms with Crippen molar-refractivity contribution >= 4 is 11.9 Å². The third-order valence-corrected chi connectivity index (χ3v) is 6.04. The molecule has 140 valence electrons. The number of fused-ring (bicyclic) bond motifs is 2. The number of aliphatic carboxylic acids is 1. The summed E-state index contributed by atoms with van der Waals surface area (Å²) in [6, 6.07) is 10.1. The molecule has 2 N–H and O–H groups in total. The van der Waals surface area contributed by atoms with Crippen molar-refractivity contribution in [2.75, 3.05) is 0 Å². The number of hydrogen-bond donors (Lipinski definition) is 2. The van der Waals surface area contributed by atoms with E-state index in [1.165, 1.54) is 11.1 Å². The van der Waals surface area contributed by atoms with Crippen LogP contribution in [0.4, 0.5) is 0 Å². The number of carboxylic acids is 2. The Morgan fingerprint density at radius 2 is 1.56 bits per heavy atom. The van der Waals surface area contributed by atoms with Crippen molar-refractivity contribution in [2.45, 2.75) is 51.4 Å². The second kappa shape index (κ2) is 7.18. The lowest BCUT2D eigenvalue weighted by molar-refractivity contribution is -0.141. The Morgan fingerprint density at radius 1 is 0.852 bits per heavy atom. The van der Waals surface area contributed by atoms with Crippen LogP contribution in [0.5, 0.6) is 0 Å². The number of aryl methyl sites for hydroxylation is 3. The second-order valence-electron chi connectivity index (χ2n) is 7.80. The Bertz CT molecular complexity index is 913. The minimum absolute atomic E-state index is 0.251. The molecular formula is C23H24O4. The van der Waals surface area contributed by atoms with E-state index in [1.54, 1.807) is 0 Å². The fraction of sp³-hybridized carbons (Fsp3) is 0.391. The Labute approximate surface area is 158 Å². The van der Waals surface area contributed by atoms with Crippen LogP contribution in [0.25, 0.3) is 0 Å². The van der Waals surface area contributed by atoms with Gasteiger partial charge < -0.3 is 10.2 Å². The van der Waals surface area contributed by atoms with Gasteiger partial charge in [-0.3, -0.25) is 4.79 Å². The third-order valence-electron chi connectivity index (χ3n) is 6.04. The van der Waals surface area contributed by atoms with Gasteiger partial charge in [0.25, 0.3) is 0 Å². The lowest BCUT2D eigenvalue weighted by Gasteiger charge is -2.17. The fourth-order valence-corrected chi connectivity index (χ4v) is 4.70. The molecule has 0 fully saturated rings. The van der Waals surface area contributed by atoms with Gasteiger partial charge >= 0.3 is 11.9 Å². The summed E-state index contributed by atoms with van der Waals surface area (Å²) in [5.41, 5.74) is 6.73. The van der Waals surface area contributed by atoms with Gasteiger partial charge in [0.05, 0.1) is 11.5 Å². The van der Waals surface area contributed by atoms with Crippen LogP contribution >= 0.6 is 0 Å². The molecule has 4 rings (SSSR count). The van der Waals surface area contributed by atoms with E-state index in [2.05, 4.69) is 12.1 Å². The van der Waals surface area contributed by atoms with Crippen molar-refractivity contribution in [3.05, 3.63) is 69.3 Å². The first kappa shape index (κ1) is 17.8. The maximum atomic E-state index is 11.9. The van der Waals surface area contributed by atoms with Crippen molar-refractivity contribution in [1.82, 2.24) is 0 Å². The van der Waals surface area contributed by atoms with Gasteiger partial charge in [0, 0.05) is 0 Å². The van der Waals surface area contributed by atoms with Gasteiger partial charge in [-0.15, -0.1) is 0 Å². The highest BCUT2D eigenvalue weighted by Crippen LogP contribution is 2.30. The summed E-state index contributed by atoms with van der Waals surface area (Å²) in [6.45, 7) is 0. The zero-order valence-corrected chi connectivity index (χ0v) is 15.3. The van der Waals surface area contributed by atoms with E-state index in [9.17, 15) is 19.8 Å². The van der Waals surface area contributed by atoms with Crippen LogP contribution in [0, 0.1) is 5.92 Å². The SMILES string of the molecule is O=C(O)c1c(CC(Cc2ccc3c(c2)CCC3)C(=O)O)ccc2c1CCC2. The lowest BCUT2D eigenvalue weighted by Crippen LogP contribution is -2.21. The molecule has 2 aliphatic carbocycles. The molecule has 0 radical (unpaired) electrons. The molecule has 0 aromatic heterocycles. The molecule has 0 saturated carbocycles. The van der Waals surface area contributed by atoms with Crippen LogP contribution < -0.4 is 0 Å². The first-order chi connectivity index (χ1) is 13.0. The molecule has 1 unspecified atom stereocenters. The number of aromatic carboxylic acids is 1. The lowest BCUT2D eigenvalue weighted by atomic mass is 9.87. The van der Waals surface area contributed by atoms with Gasteiger partial charge in [0.15, 0.2) is 0 Å². The first-order valence-electron chi connectivity index (χ1n) is 9.73. The molecule has 2 aromatic carbocycles. The summed E-state index contributed by atoms with van der Waals surface area (Å²) in [7, 11) is 0. The van der Waals surface area contributed by atoms with E-state index in [0.717, 1.165) is 55.2 Å². The van der Waals surface area contributed by atoms with Crippen molar-refractivity contribution < 1.29 is 19.8 Å². The average Bonchev–Trinajstić information content (AvgIpc) is 3.28. The molecule has 1 atom stereocenters. The summed E-state index contributed by atoms with van der Waals surface area (Å²) in [5.74, 6) is -2.43. The Hall–Kier alpha value is -2.62. The summed E-state index contributed by atoms with van der Waals surface area (Å²) >= 11 is 0. The van der Waals surface area contributed by atoms with E-state index in [0.29, 0.717) is 17.5 Å². The largest absolute Gasteiger partial charge is 0.481 e. The maximum Gasteiger partial charge on any atom is 0.336 e. The molecule has 4 nitrogen and oxygen atoms in total. The van der Waals surface area contributed by atoms with Crippen LogP contribution in [-0.4, -0.2) is 22.2 Å². The number of carbonyl (C=O) groups is 2. The second-order valence-corrected chi connectivity index (χ2v) is 7.80. The molecule has 0 heterocycles. The van der Waals surface area contributed by atoms with E-state index < -0.39 is 17.9 Å². The van der Waals surface area contributed by atoms with E-state index >= 15 is 0 Å². The molecule has 0 amide bonds. The molecule has 0 spiro atoms. The minimum atomic E-state index is -0.939. The highest BCUT2D eigenvalue weighted by atomic mass is 16.4. The number of benzene rings is 2. The zero-order valence-electron chi connectivity index (χ0n) is 15.3. The monoisotopic (exact) mass is 364 g/mol. The Morgan fingerprint density at radius 3 is 2.33 bits per heavy atom. The number of carboxylic acid groups (broad SMARTS) is 2. The number of rotatable bonds is 6. The smallest absolute Gasteiger partial charge is 0.336 e. The Balaban J connectivity index is 1.61. The summed E-state index contributed by atoms with van der Waals surface area (Å²) in [4.78, 5) is 23.8. The molecule has 2 aliphatic rings. The molecule has 27 heavy (non-hydrogen) atoms. The molecular weight excluding hydrogens is 340 g/mol. The van der Waals surface area contributed by atoms with Gasteiger partial charge in [-0.05, 0) is 84.7 Å². The highest BCUT2D eigenvalue weighted by Gasteiger charge is 2.26. The first-order valence-corrected chi connectivity index (χ1v) is 9.73. The summed E-state index contributed by atoms with van der Waals surface area (Å²) in [5, 5.41) is 19.5. The highest BCUT2D eigenvalue weighted by molar-refractivity contribution is 5.92. The third kappa shape index (κ3) is 3.48. The minimum Gasteiger partial charge on any atom is -0.481 e. The fourth-order valence-electron chi connectivity index (χ4n) is 4.70. The quantitative estimate of drug-likeness (QED) is 0.816. The zero-order chi connectivity index (χ0) is 19.0. The van der Waals surface area contributed by atoms with Gasteiger partial charge in [-0.25, -0.2) is 4.79 Å². The van der Waals surface area contributed by atoms with Gasteiger partial charge in [-0.2, -0.15) is 0 Å². The van der Waals surface area contributed by atoms with E-state index in [-0.39, 0.29) is 6.42 Å². The average molecular weight is 364 g/mol. The van der Waals surface area contributed by atoms with Gasteiger partial charge in [-0.1, -0.05) is 30.3 Å². The predicted octanol–water partition coefficient (Wildman–Crippen LogP) is 3.85. The van der Waals surface area contributed by atoms with E-state index in [1.807, 2.05) is 18.2 Å². The maximum absolute atomic E-state index is 11.9. The number of hydrogen-bond acceptors (Lipinski definition) is 2. The normalized spacial score (nSPS) is 16.0. The van der Waals surface area contributed by atoms with Gasteiger partial charge in [0.2, 0.25) is 0 Å². The Kier molecular flexibility index (Phi) is 4.73. The van der Waals surface area contributed by atoms with Crippen LogP contribution in [-0.2, 0) is 43.3 Å². The molecule has 4 heteroatoms. The van der Waals surface area contributed by atoms with Crippen molar-refractivity contribution in [1.29, 1.82) is 0 Å². The molecule has 0 bridgehead atoms. The van der Waals surface area contributed by atoms with Crippen molar-refractivity contribution in [2.24, 2.45) is 5.92 Å². The summed E-state index contributed by atoms with van der Waals surface area (Å²) in [6.07, 6.45) is 6.67. The van der Waals surface area contributed by atoms with E-state index in [4.69, 9.17) is 0 Å². The van der Waals surface area contributed by atoms with Crippen molar-refractivity contribution in [3.8, 4) is 0 Å².